The number of benzene rings is 1. The molecule has 1 atom stereocenters. The fourth-order valence-electron chi connectivity index (χ4n) is 3.64. The van der Waals surface area contributed by atoms with Crippen molar-refractivity contribution in [3.8, 4) is 0 Å². The van der Waals surface area contributed by atoms with Gasteiger partial charge in [-0.25, -0.2) is 0 Å². The van der Waals surface area contributed by atoms with Crippen molar-refractivity contribution in [3.05, 3.63) is 29.8 Å². The molecule has 2 aliphatic heterocycles. The molecule has 0 amide bonds. The van der Waals surface area contributed by atoms with Crippen molar-refractivity contribution in [3.63, 3.8) is 0 Å². The first kappa shape index (κ1) is 23.9. The average Bonchev–Trinajstić information content (AvgIpc) is 2.57. The summed E-state index contributed by atoms with van der Waals surface area (Å²) < 4.78 is 43.0. The molecule has 0 unspecified atom stereocenters. The fraction of sp³-hybridized carbons (Fsp3) is 0.647. The Kier molecular flexibility index (Phi) is 10.1. The summed E-state index contributed by atoms with van der Waals surface area (Å²) in [6.07, 6.45) is 2.02. The Hall–Kier alpha value is -0.180. The van der Waals surface area contributed by atoms with E-state index in [1.807, 2.05) is 12.1 Å². The summed E-state index contributed by atoms with van der Waals surface area (Å²) >= 11 is -0.0513. The van der Waals surface area contributed by atoms with Gasteiger partial charge in [0.15, 0.2) is 0 Å². The SMILES string of the molecule is Cl.Cl.FC(F)(F)Sc1ccc([C@@H](C2CCOCC2)N2CCNCC2)cc1. The third-order valence-corrected chi connectivity index (χ3v) is 5.45. The van der Waals surface area contributed by atoms with E-state index >= 15 is 0 Å². The molecule has 9 heteroatoms. The molecule has 3 rings (SSSR count). The summed E-state index contributed by atoms with van der Waals surface area (Å²) in [5.41, 5.74) is -3.12. The third-order valence-electron chi connectivity index (χ3n) is 4.71. The number of piperazine rings is 1. The molecule has 0 saturated carbocycles. The first-order valence-electron chi connectivity index (χ1n) is 8.41. The van der Waals surface area contributed by atoms with Crippen molar-refractivity contribution in [1.82, 2.24) is 10.2 Å². The van der Waals surface area contributed by atoms with E-state index < -0.39 is 5.51 Å². The van der Waals surface area contributed by atoms with Gasteiger partial charge in [-0.2, -0.15) is 13.2 Å². The van der Waals surface area contributed by atoms with Gasteiger partial charge in [-0.3, -0.25) is 4.90 Å². The monoisotopic (exact) mass is 432 g/mol. The highest BCUT2D eigenvalue weighted by molar-refractivity contribution is 8.00. The molecule has 1 aromatic rings. The number of halogens is 5. The molecular formula is C17H25Cl2F3N2OS. The summed E-state index contributed by atoms with van der Waals surface area (Å²) in [5.74, 6) is 0.498. The van der Waals surface area contributed by atoms with Crippen LogP contribution in [0.3, 0.4) is 0 Å². The summed E-state index contributed by atoms with van der Waals surface area (Å²) in [6, 6.07) is 7.21. The summed E-state index contributed by atoms with van der Waals surface area (Å²) in [6.45, 7) is 5.41. The Balaban J connectivity index is 0.00000169. The number of thioether (sulfide) groups is 1. The highest BCUT2D eigenvalue weighted by Gasteiger charge is 2.32. The Labute approximate surface area is 169 Å². The zero-order chi connectivity index (χ0) is 17.0. The van der Waals surface area contributed by atoms with Gasteiger partial charge in [0.25, 0.3) is 0 Å². The molecule has 150 valence electrons. The van der Waals surface area contributed by atoms with E-state index in [0.29, 0.717) is 5.92 Å². The summed E-state index contributed by atoms with van der Waals surface area (Å²) in [7, 11) is 0. The van der Waals surface area contributed by atoms with Crippen LogP contribution in [-0.4, -0.2) is 49.8 Å². The normalized spacial score (nSPS) is 20.7. The van der Waals surface area contributed by atoms with Gasteiger partial charge < -0.3 is 10.1 Å². The van der Waals surface area contributed by atoms with E-state index in [0.717, 1.165) is 57.8 Å². The van der Waals surface area contributed by atoms with Gasteiger partial charge >= 0.3 is 5.51 Å². The van der Waals surface area contributed by atoms with E-state index in [1.54, 1.807) is 12.1 Å². The van der Waals surface area contributed by atoms with Crippen LogP contribution in [0.15, 0.2) is 29.2 Å². The molecule has 26 heavy (non-hydrogen) atoms. The van der Waals surface area contributed by atoms with E-state index in [2.05, 4.69) is 10.2 Å². The van der Waals surface area contributed by atoms with Gasteiger partial charge in [0.05, 0.1) is 0 Å². The molecular weight excluding hydrogens is 408 g/mol. The summed E-state index contributed by atoms with van der Waals surface area (Å²) in [5, 5.41) is 3.36. The summed E-state index contributed by atoms with van der Waals surface area (Å²) in [4.78, 5) is 2.72. The topological polar surface area (TPSA) is 24.5 Å². The number of nitrogens with zero attached hydrogens (tertiary/aromatic N) is 1. The minimum atomic E-state index is -4.24. The molecule has 2 aliphatic rings. The average molecular weight is 433 g/mol. The molecule has 2 heterocycles. The van der Waals surface area contributed by atoms with Crippen molar-refractivity contribution in [2.45, 2.75) is 29.3 Å². The molecule has 2 fully saturated rings. The van der Waals surface area contributed by atoms with E-state index in [4.69, 9.17) is 4.74 Å². The zero-order valence-electron chi connectivity index (χ0n) is 14.3. The highest BCUT2D eigenvalue weighted by Crippen LogP contribution is 2.39. The lowest BCUT2D eigenvalue weighted by Gasteiger charge is -2.41. The molecule has 0 bridgehead atoms. The maximum absolute atomic E-state index is 12.5. The third kappa shape index (κ3) is 6.77. The molecule has 1 N–H and O–H groups in total. The van der Waals surface area contributed by atoms with Crippen LogP contribution in [0.2, 0.25) is 0 Å². The van der Waals surface area contributed by atoms with Gasteiger partial charge in [0, 0.05) is 50.3 Å². The number of rotatable bonds is 4. The quantitative estimate of drug-likeness (QED) is 0.707. The molecule has 0 radical (unpaired) electrons. The minimum Gasteiger partial charge on any atom is -0.381 e. The van der Waals surface area contributed by atoms with Crippen molar-refractivity contribution in [2.75, 3.05) is 39.4 Å². The van der Waals surface area contributed by atoms with E-state index in [9.17, 15) is 13.2 Å². The second-order valence-electron chi connectivity index (χ2n) is 6.30. The zero-order valence-corrected chi connectivity index (χ0v) is 16.8. The van der Waals surface area contributed by atoms with E-state index in [1.165, 1.54) is 0 Å². The lowest BCUT2D eigenvalue weighted by atomic mass is 9.85. The molecule has 2 saturated heterocycles. The Morgan fingerprint density at radius 1 is 1.04 bits per heavy atom. The second kappa shape index (κ2) is 11.0. The largest absolute Gasteiger partial charge is 0.446 e. The standard InChI is InChI=1S/C17H23F3N2OS.2ClH/c18-17(19,20)24-15-3-1-13(2-4-15)16(14-5-11-23-12-6-14)22-9-7-21-8-10-22;;/h1-4,14,16,21H,5-12H2;2*1H/t16-;;/m0../s1. The van der Waals surface area contributed by atoms with Crippen LogP contribution >= 0.6 is 36.6 Å². The van der Waals surface area contributed by atoms with Crippen LogP contribution < -0.4 is 5.32 Å². The fourth-order valence-corrected chi connectivity index (χ4v) is 4.18. The lowest BCUT2D eigenvalue weighted by Crippen LogP contribution is -2.47. The second-order valence-corrected chi connectivity index (χ2v) is 7.44. The number of nitrogens with one attached hydrogen (secondary N) is 1. The van der Waals surface area contributed by atoms with Gasteiger partial charge in [-0.1, -0.05) is 12.1 Å². The number of hydrogen-bond donors (Lipinski definition) is 1. The number of ether oxygens (including phenoxy) is 1. The molecule has 0 aliphatic carbocycles. The van der Waals surface area contributed by atoms with Crippen LogP contribution in [0.4, 0.5) is 13.2 Å². The first-order valence-corrected chi connectivity index (χ1v) is 9.23. The van der Waals surface area contributed by atoms with Gasteiger partial charge in [-0.05, 0) is 48.2 Å². The molecule has 1 aromatic carbocycles. The van der Waals surface area contributed by atoms with Crippen LogP contribution in [-0.2, 0) is 4.74 Å². The molecule has 0 aromatic heterocycles. The van der Waals surface area contributed by atoms with E-state index in [-0.39, 0.29) is 47.5 Å². The number of hydrogen-bond acceptors (Lipinski definition) is 4. The molecule has 3 nitrogen and oxygen atoms in total. The maximum atomic E-state index is 12.5. The van der Waals surface area contributed by atoms with Crippen molar-refractivity contribution in [1.29, 1.82) is 0 Å². The molecule has 0 spiro atoms. The van der Waals surface area contributed by atoms with Crippen LogP contribution in [0.1, 0.15) is 24.4 Å². The van der Waals surface area contributed by atoms with Crippen LogP contribution in [0.5, 0.6) is 0 Å². The Bertz CT molecular complexity index is 504. The maximum Gasteiger partial charge on any atom is 0.446 e. The van der Waals surface area contributed by atoms with Gasteiger partial charge in [0.1, 0.15) is 0 Å². The smallest absolute Gasteiger partial charge is 0.381 e. The minimum absolute atomic E-state index is 0. The first-order chi connectivity index (χ1) is 11.5. The van der Waals surface area contributed by atoms with Gasteiger partial charge in [0.2, 0.25) is 0 Å². The van der Waals surface area contributed by atoms with Crippen LogP contribution in [0.25, 0.3) is 0 Å². The highest BCUT2D eigenvalue weighted by atomic mass is 35.5. The van der Waals surface area contributed by atoms with Crippen LogP contribution in [0, 0.1) is 5.92 Å². The number of alkyl halides is 3. The lowest BCUT2D eigenvalue weighted by molar-refractivity contribution is -0.0328. The Morgan fingerprint density at radius 2 is 1.62 bits per heavy atom. The van der Waals surface area contributed by atoms with Crippen molar-refractivity contribution in [2.24, 2.45) is 5.92 Å². The predicted molar refractivity (Wildman–Crippen MR) is 104 cm³/mol. The Morgan fingerprint density at radius 3 is 2.15 bits per heavy atom. The van der Waals surface area contributed by atoms with Crippen molar-refractivity contribution < 1.29 is 17.9 Å². The predicted octanol–water partition coefficient (Wildman–Crippen LogP) is 4.52. The van der Waals surface area contributed by atoms with Crippen molar-refractivity contribution >= 4 is 36.6 Å². The van der Waals surface area contributed by atoms with Gasteiger partial charge in [-0.15, -0.1) is 24.8 Å².